The van der Waals surface area contributed by atoms with Crippen LogP contribution in [0.5, 0.6) is 0 Å². The maximum Gasteiger partial charge on any atom is 0.227 e. The van der Waals surface area contributed by atoms with E-state index in [2.05, 4.69) is 17.4 Å². The number of nitrogens with zero attached hydrogens (tertiary/aromatic N) is 1. The third-order valence-corrected chi connectivity index (χ3v) is 7.51. The predicted octanol–water partition coefficient (Wildman–Crippen LogP) is 4.45. The number of hydrogen-bond acceptors (Lipinski definition) is 3. The zero-order valence-electron chi connectivity index (χ0n) is 17.0. The molecule has 29 heavy (non-hydrogen) atoms. The lowest BCUT2D eigenvalue weighted by Gasteiger charge is -2.31. The second-order valence-corrected chi connectivity index (χ2v) is 10.2. The van der Waals surface area contributed by atoms with Crippen LogP contribution in [0.25, 0.3) is 0 Å². The maximum absolute atomic E-state index is 12.7. The fraction of sp³-hybridized carbons (Fsp3) is 0.409. The minimum Gasteiger partial charge on any atom is -0.325 e. The van der Waals surface area contributed by atoms with Gasteiger partial charge >= 0.3 is 0 Å². The summed E-state index contributed by atoms with van der Waals surface area (Å²) in [5, 5.41) is 3.64. The van der Waals surface area contributed by atoms with Crippen molar-refractivity contribution in [1.82, 2.24) is 4.31 Å². The molecule has 1 N–H and O–H groups in total. The number of benzene rings is 2. The maximum atomic E-state index is 12.7. The van der Waals surface area contributed by atoms with Crippen LogP contribution in [0.1, 0.15) is 35.1 Å². The lowest BCUT2D eigenvalue weighted by molar-refractivity contribution is -0.120. The van der Waals surface area contributed by atoms with Crippen LogP contribution in [0.4, 0.5) is 5.69 Å². The van der Waals surface area contributed by atoms with E-state index in [1.54, 1.807) is 24.3 Å². The topological polar surface area (TPSA) is 66.5 Å². The number of amides is 1. The number of carbonyl (C=O) groups excluding carboxylic acids is 1. The molecule has 2 aromatic carbocycles. The SMILES string of the molecule is Cc1cc(C)c(NC(=O)C2CCN(S(=O)(=O)Cc3ccc(Cl)cc3)CC2)c(C)c1. The number of nitrogens with one attached hydrogen (secondary N) is 1. The van der Waals surface area contributed by atoms with Crippen LogP contribution in [0.3, 0.4) is 0 Å². The van der Waals surface area contributed by atoms with Crippen molar-refractivity contribution in [2.45, 2.75) is 39.4 Å². The molecule has 2 aromatic rings. The monoisotopic (exact) mass is 434 g/mol. The predicted molar refractivity (Wildman–Crippen MR) is 118 cm³/mol. The molecule has 0 bridgehead atoms. The first-order valence-electron chi connectivity index (χ1n) is 9.76. The van der Waals surface area contributed by atoms with E-state index in [1.165, 1.54) is 4.31 Å². The van der Waals surface area contributed by atoms with E-state index in [9.17, 15) is 13.2 Å². The van der Waals surface area contributed by atoms with Gasteiger partial charge in [0.2, 0.25) is 15.9 Å². The van der Waals surface area contributed by atoms with Crippen molar-refractivity contribution in [3.63, 3.8) is 0 Å². The van der Waals surface area contributed by atoms with Gasteiger partial charge in [0.1, 0.15) is 0 Å². The molecule has 1 aliphatic rings. The summed E-state index contributed by atoms with van der Waals surface area (Å²) in [6.45, 7) is 6.73. The normalized spacial score (nSPS) is 16.0. The molecule has 0 spiro atoms. The van der Waals surface area contributed by atoms with E-state index < -0.39 is 10.0 Å². The quantitative estimate of drug-likeness (QED) is 0.756. The van der Waals surface area contributed by atoms with Crippen LogP contribution in [0.2, 0.25) is 5.02 Å². The third-order valence-electron chi connectivity index (χ3n) is 5.41. The molecule has 0 radical (unpaired) electrons. The summed E-state index contributed by atoms with van der Waals surface area (Å²) in [7, 11) is -3.42. The first-order chi connectivity index (χ1) is 13.7. The Bertz CT molecular complexity index is 972. The van der Waals surface area contributed by atoms with Gasteiger partial charge in [-0.05, 0) is 62.4 Å². The van der Waals surface area contributed by atoms with Gasteiger partial charge in [-0.15, -0.1) is 0 Å². The van der Waals surface area contributed by atoms with Crippen LogP contribution in [-0.4, -0.2) is 31.7 Å². The average Bonchev–Trinajstić information content (AvgIpc) is 2.66. The Morgan fingerprint density at radius 3 is 2.17 bits per heavy atom. The van der Waals surface area contributed by atoms with Gasteiger partial charge in [-0.1, -0.05) is 41.4 Å². The van der Waals surface area contributed by atoms with Gasteiger partial charge in [0.25, 0.3) is 0 Å². The number of halogens is 1. The summed E-state index contributed by atoms with van der Waals surface area (Å²) in [6.07, 6.45) is 1.05. The number of anilines is 1. The number of rotatable bonds is 5. The van der Waals surface area contributed by atoms with Gasteiger partial charge < -0.3 is 5.32 Å². The van der Waals surface area contributed by atoms with Crippen LogP contribution in [-0.2, 0) is 20.6 Å². The van der Waals surface area contributed by atoms with Crippen LogP contribution in [0, 0.1) is 26.7 Å². The molecule has 1 fully saturated rings. The smallest absolute Gasteiger partial charge is 0.227 e. The first-order valence-corrected chi connectivity index (χ1v) is 11.8. The molecule has 0 aromatic heterocycles. The van der Waals surface area contributed by atoms with Gasteiger partial charge in [0.05, 0.1) is 5.75 Å². The Labute approximate surface area is 178 Å². The standard InChI is InChI=1S/C22H27ClN2O3S/c1-15-12-16(2)21(17(3)13-15)24-22(26)19-8-10-25(11-9-19)29(27,28)14-18-4-6-20(23)7-5-18/h4-7,12-13,19H,8-11,14H2,1-3H3,(H,24,26). The number of aryl methyl sites for hydroxylation is 3. The summed E-state index contributed by atoms with van der Waals surface area (Å²) >= 11 is 5.86. The Kier molecular flexibility index (Phi) is 6.66. The fourth-order valence-electron chi connectivity index (χ4n) is 3.88. The van der Waals surface area contributed by atoms with Crippen LogP contribution in [0.15, 0.2) is 36.4 Å². The van der Waals surface area contributed by atoms with E-state index in [0.717, 1.165) is 22.4 Å². The van der Waals surface area contributed by atoms with E-state index in [0.29, 0.717) is 36.5 Å². The van der Waals surface area contributed by atoms with Gasteiger partial charge in [0, 0.05) is 29.7 Å². The second-order valence-electron chi connectivity index (χ2n) is 7.82. The van der Waals surface area contributed by atoms with E-state index in [-0.39, 0.29) is 17.6 Å². The number of sulfonamides is 1. The highest BCUT2D eigenvalue weighted by molar-refractivity contribution is 7.88. The Morgan fingerprint density at radius 2 is 1.62 bits per heavy atom. The zero-order valence-corrected chi connectivity index (χ0v) is 18.6. The molecule has 0 atom stereocenters. The highest BCUT2D eigenvalue weighted by Crippen LogP contribution is 2.26. The highest BCUT2D eigenvalue weighted by atomic mass is 35.5. The van der Waals surface area contributed by atoms with Gasteiger partial charge in [-0.3, -0.25) is 4.79 Å². The van der Waals surface area contributed by atoms with E-state index in [1.807, 2.05) is 20.8 Å². The van der Waals surface area contributed by atoms with Gasteiger partial charge in [-0.2, -0.15) is 0 Å². The van der Waals surface area contributed by atoms with Crippen molar-refractivity contribution in [1.29, 1.82) is 0 Å². The zero-order chi connectivity index (χ0) is 21.2. The van der Waals surface area contributed by atoms with E-state index in [4.69, 9.17) is 11.6 Å². The van der Waals surface area contributed by atoms with Crippen molar-refractivity contribution in [2.75, 3.05) is 18.4 Å². The molecular formula is C22H27ClN2O3S. The Morgan fingerprint density at radius 1 is 1.07 bits per heavy atom. The van der Waals surface area contributed by atoms with Crippen LogP contribution >= 0.6 is 11.6 Å². The summed E-state index contributed by atoms with van der Waals surface area (Å²) < 4.78 is 26.9. The minimum absolute atomic E-state index is 0.0326. The fourth-order valence-corrected chi connectivity index (χ4v) is 5.57. The molecule has 0 aliphatic carbocycles. The summed E-state index contributed by atoms with van der Waals surface area (Å²) in [6, 6.07) is 10.9. The molecule has 1 aliphatic heterocycles. The molecule has 1 heterocycles. The number of hydrogen-bond donors (Lipinski definition) is 1. The molecule has 0 unspecified atom stereocenters. The first kappa shape index (κ1) is 21.8. The minimum atomic E-state index is -3.42. The summed E-state index contributed by atoms with van der Waals surface area (Å²) in [5.74, 6) is -0.269. The highest BCUT2D eigenvalue weighted by Gasteiger charge is 2.31. The molecule has 5 nitrogen and oxygen atoms in total. The second kappa shape index (κ2) is 8.86. The molecule has 1 amide bonds. The molecule has 0 saturated carbocycles. The average molecular weight is 435 g/mol. The largest absolute Gasteiger partial charge is 0.325 e. The van der Waals surface area contributed by atoms with Gasteiger partial charge in [-0.25, -0.2) is 12.7 Å². The molecule has 3 rings (SSSR count). The van der Waals surface area contributed by atoms with Crippen molar-refractivity contribution in [3.05, 3.63) is 63.7 Å². The van der Waals surface area contributed by atoms with Crippen LogP contribution < -0.4 is 5.32 Å². The summed E-state index contributed by atoms with van der Waals surface area (Å²) in [4.78, 5) is 12.7. The lowest BCUT2D eigenvalue weighted by atomic mass is 9.96. The molecule has 1 saturated heterocycles. The third kappa shape index (κ3) is 5.38. The van der Waals surface area contributed by atoms with Gasteiger partial charge in [0.15, 0.2) is 0 Å². The molecule has 156 valence electrons. The van der Waals surface area contributed by atoms with E-state index >= 15 is 0 Å². The number of piperidine rings is 1. The Hall–Kier alpha value is -1.89. The lowest BCUT2D eigenvalue weighted by Crippen LogP contribution is -2.42. The van der Waals surface area contributed by atoms with Crippen molar-refractivity contribution in [3.8, 4) is 0 Å². The molecular weight excluding hydrogens is 408 g/mol. The van der Waals surface area contributed by atoms with Crippen molar-refractivity contribution in [2.24, 2.45) is 5.92 Å². The van der Waals surface area contributed by atoms with Crippen molar-refractivity contribution < 1.29 is 13.2 Å². The molecule has 7 heteroatoms. The number of carbonyl (C=O) groups is 1. The summed E-state index contributed by atoms with van der Waals surface area (Å²) in [5.41, 5.74) is 4.81. The Balaban J connectivity index is 1.59. The van der Waals surface area contributed by atoms with Crippen molar-refractivity contribution >= 4 is 33.2 Å².